The number of nitrogens with one attached hydrogen (secondary N) is 2. The summed E-state index contributed by atoms with van der Waals surface area (Å²) >= 11 is 0. The first-order valence-corrected chi connectivity index (χ1v) is 15.3. The molecular weight excluding hydrogens is 593 g/mol. The van der Waals surface area contributed by atoms with Crippen molar-refractivity contribution in [2.45, 2.75) is 33.4 Å². The number of amides is 1. The van der Waals surface area contributed by atoms with Gasteiger partial charge < -0.3 is 19.9 Å². The molecule has 1 aliphatic heterocycles. The van der Waals surface area contributed by atoms with Crippen molar-refractivity contribution < 1.29 is 22.7 Å². The number of hydrogen-bond acceptors (Lipinski definition) is 6. The zero-order valence-corrected chi connectivity index (χ0v) is 26.3. The van der Waals surface area contributed by atoms with Crippen LogP contribution in [-0.2, 0) is 0 Å². The highest BCUT2D eigenvalue weighted by atomic mass is 19.4. The maximum absolute atomic E-state index is 14.4. The van der Waals surface area contributed by atoms with Crippen LogP contribution < -0.4 is 10.1 Å². The second kappa shape index (κ2) is 12.4. The number of carbonyl (C=O) groups is 1. The van der Waals surface area contributed by atoms with E-state index in [1.165, 1.54) is 0 Å². The van der Waals surface area contributed by atoms with E-state index in [1.54, 1.807) is 37.4 Å². The number of halogens is 3. The number of carbonyl (C=O) groups excluding carboxylic acids is 1. The van der Waals surface area contributed by atoms with E-state index in [-0.39, 0.29) is 17.7 Å². The Hall–Kier alpha value is -4.48. The summed E-state index contributed by atoms with van der Waals surface area (Å²) in [7, 11) is 2.01. The molecule has 1 saturated heterocycles. The second-order valence-corrected chi connectivity index (χ2v) is 12.6. The molecule has 1 atom stereocenters. The number of aromatic amines is 1. The first-order chi connectivity index (χ1) is 21.9. The Bertz CT molecular complexity index is 1820. The van der Waals surface area contributed by atoms with Crippen molar-refractivity contribution in [3.63, 3.8) is 0 Å². The number of piperazine rings is 1. The van der Waals surface area contributed by atoms with E-state index >= 15 is 0 Å². The summed E-state index contributed by atoms with van der Waals surface area (Å²) in [5.74, 6) is 0.633. The van der Waals surface area contributed by atoms with Crippen LogP contribution in [0.5, 0.6) is 11.6 Å². The van der Waals surface area contributed by atoms with E-state index in [1.807, 2.05) is 51.2 Å². The monoisotopic (exact) mass is 630 g/mol. The number of rotatable bonds is 7. The van der Waals surface area contributed by atoms with Gasteiger partial charge in [0.25, 0.3) is 5.91 Å². The summed E-state index contributed by atoms with van der Waals surface area (Å²) < 4.78 is 49.4. The summed E-state index contributed by atoms with van der Waals surface area (Å²) in [4.78, 5) is 30.1. The molecule has 2 aromatic carbocycles. The summed E-state index contributed by atoms with van der Waals surface area (Å²) in [6.45, 7) is 8.88. The van der Waals surface area contributed by atoms with Crippen molar-refractivity contribution in [2.24, 2.45) is 5.41 Å². The molecule has 8 nitrogen and oxygen atoms in total. The van der Waals surface area contributed by atoms with Crippen LogP contribution in [0.15, 0.2) is 78.1 Å². The number of allylic oxidation sites excluding steroid dienone is 2. The van der Waals surface area contributed by atoms with Gasteiger partial charge in [-0.15, -0.1) is 0 Å². The maximum atomic E-state index is 14.4. The fourth-order valence-corrected chi connectivity index (χ4v) is 5.98. The van der Waals surface area contributed by atoms with E-state index in [0.29, 0.717) is 35.0 Å². The Kier molecular flexibility index (Phi) is 8.47. The molecule has 1 fully saturated rings. The molecular formula is C35H37F3N6O2. The Morgan fingerprint density at radius 3 is 2.50 bits per heavy atom. The summed E-state index contributed by atoms with van der Waals surface area (Å²) in [6.07, 6.45) is 0.141. The van der Waals surface area contributed by atoms with Crippen LogP contribution in [0.4, 0.5) is 13.2 Å². The van der Waals surface area contributed by atoms with Gasteiger partial charge >= 0.3 is 6.18 Å². The van der Waals surface area contributed by atoms with E-state index in [0.717, 1.165) is 48.9 Å². The first-order valence-electron chi connectivity index (χ1n) is 15.3. The normalized spacial score (nSPS) is 19.5. The lowest BCUT2D eigenvalue weighted by atomic mass is 9.74. The van der Waals surface area contributed by atoms with Crippen molar-refractivity contribution in [1.82, 2.24) is 30.1 Å². The maximum Gasteiger partial charge on any atom is 0.413 e. The topological polar surface area (TPSA) is 86.4 Å². The van der Waals surface area contributed by atoms with Crippen LogP contribution in [0, 0.1) is 19.3 Å². The number of aryl methyl sites for hydroxylation is 2. The minimum absolute atomic E-state index is 0.128. The summed E-state index contributed by atoms with van der Waals surface area (Å²) in [5.41, 5.74) is 2.58. The first kappa shape index (κ1) is 31.5. The van der Waals surface area contributed by atoms with Gasteiger partial charge in [0.2, 0.25) is 5.88 Å². The van der Waals surface area contributed by atoms with Gasteiger partial charge in [-0.1, -0.05) is 48.9 Å². The van der Waals surface area contributed by atoms with Gasteiger partial charge in [-0.3, -0.25) is 9.69 Å². The van der Waals surface area contributed by atoms with E-state index < -0.39 is 23.1 Å². The van der Waals surface area contributed by atoms with Gasteiger partial charge in [0.1, 0.15) is 11.3 Å². The van der Waals surface area contributed by atoms with Crippen molar-refractivity contribution in [3.05, 3.63) is 94.8 Å². The van der Waals surface area contributed by atoms with Crippen LogP contribution in [0.2, 0.25) is 0 Å². The Labute approximate surface area is 266 Å². The van der Waals surface area contributed by atoms with Crippen LogP contribution in [0.3, 0.4) is 0 Å². The Morgan fingerprint density at radius 2 is 1.78 bits per heavy atom. The number of H-pyrrole nitrogens is 1. The number of benzene rings is 2. The molecule has 1 aliphatic carbocycles. The van der Waals surface area contributed by atoms with Gasteiger partial charge in [0, 0.05) is 66.7 Å². The Balaban J connectivity index is 1.22. The fraction of sp³-hybridized carbons (Fsp3) is 0.343. The predicted molar refractivity (Wildman–Crippen MR) is 172 cm³/mol. The highest BCUT2D eigenvalue weighted by Crippen LogP contribution is 2.45. The summed E-state index contributed by atoms with van der Waals surface area (Å²) in [6, 6.07) is 14.6. The van der Waals surface area contributed by atoms with Gasteiger partial charge in [-0.05, 0) is 57.2 Å². The minimum Gasteiger partial charge on any atom is -0.437 e. The molecule has 1 unspecified atom stereocenters. The highest BCUT2D eigenvalue weighted by molar-refractivity contribution is 5.96. The molecule has 2 aliphatic rings. The third kappa shape index (κ3) is 6.70. The molecule has 3 heterocycles. The van der Waals surface area contributed by atoms with Crippen LogP contribution in [-0.4, -0.2) is 76.6 Å². The molecule has 6 rings (SSSR count). The number of aromatic nitrogens is 3. The van der Waals surface area contributed by atoms with Crippen LogP contribution in [0.1, 0.15) is 34.8 Å². The number of hydrogen-bond donors (Lipinski definition) is 2. The van der Waals surface area contributed by atoms with Crippen molar-refractivity contribution >= 4 is 16.9 Å². The predicted octanol–water partition coefficient (Wildman–Crippen LogP) is 6.79. The number of ether oxygens (including phenoxy) is 1. The third-order valence-corrected chi connectivity index (χ3v) is 8.79. The number of likely N-dealkylation sites (N-methyl/N-ethyl adjacent to an activating group) is 1. The molecule has 0 saturated carbocycles. The van der Waals surface area contributed by atoms with Crippen molar-refractivity contribution in [3.8, 4) is 23.0 Å². The third-order valence-electron chi connectivity index (χ3n) is 8.79. The second-order valence-electron chi connectivity index (χ2n) is 12.6. The zero-order chi connectivity index (χ0) is 32.6. The lowest BCUT2D eigenvalue weighted by molar-refractivity contribution is -0.109. The largest absolute Gasteiger partial charge is 0.437 e. The summed E-state index contributed by atoms with van der Waals surface area (Å²) in [5, 5.41) is 2.69. The fourth-order valence-electron chi connectivity index (χ4n) is 5.98. The molecule has 0 radical (unpaired) electrons. The van der Waals surface area contributed by atoms with Crippen LogP contribution in [0.25, 0.3) is 22.4 Å². The average Bonchev–Trinajstić information content (AvgIpc) is 3.49. The standard InChI is InChI=1S/C35H37F3N6O2/c1-22-5-8-24(9-6-22)31-41-27-12-14-39-30(27)33(42-31)46-28-19-25(10-7-23(28)2)32(45)40-26-11-13-34(3,29(20-26)35(36,37)38)21-44-17-15-43(4)16-18-44/h5-12,14,19-20,39H,13,15-18,21H2,1-4H3,(H,40,45). The quantitative estimate of drug-likeness (QED) is 0.234. The molecule has 0 bridgehead atoms. The van der Waals surface area contributed by atoms with Crippen molar-refractivity contribution in [2.75, 3.05) is 39.8 Å². The molecule has 46 heavy (non-hydrogen) atoms. The van der Waals surface area contributed by atoms with Gasteiger partial charge in [-0.25, -0.2) is 4.98 Å². The molecule has 2 aromatic heterocycles. The molecule has 240 valence electrons. The number of fused-ring (bicyclic) bond motifs is 1. The molecule has 11 heteroatoms. The van der Waals surface area contributed by atoms with E-state index in [9.17, 15) is 18.0 Å². The highest BCUT2D eigenvalue weighted by Gasteiger charge is 2.47. The average molecular weight is 631 g/mol. The number of alkyl halides is 3. The van der Waals surface area contributed by atoms with Gasteiger partial charge in [-0.2, -0.15) is 18.2 Å². The minimum atomic E-state index is -4.53. The van der Waals surface area contributed by atoms with E-state index in [2.05, 4.69) is 30.1 Å². The lowest BCUT2D eigenvalue weighted by Crippen LogP contribution is -2.49. The molecule has 1 amide bonds. The Morgan fingerprint density at radius 1 is 1.04 bits per heavy atom. The molecule has 2 N–H and O–H groups in total. The lowest BCUT2D eigenvalue weighted by Gasteiger charge is -2.42. The molecule has 0 spiro atoms. The number of nitrogens with zero attached hydrogens (tertiary/aromatic N) is 4. The van der Waals surface area contributed by atoms with Crippen molar-refractivity contribution in [1.29, 1.82) is 0 Å². The zero-order valence-electron chi connectivity index (χ0n) is 26.3. The SMILES string of the molecule is Cc1ccc(-c2nc(Oc3cc(C(=O)NC4=CCC(C)(CN5CCN(C)CC5)C(C(F)(F)F)=C4)ccc3C)c3[nH]ccc3n2)cc1. The smallest absolute Gasteiger partial charge is 0.413 e. The van der Waals surface area contributed by atoms with E-state index in [4.69, 9.17) is 4.74 Å². The molecule has 4 aromatic rings. The van der Waals surface area contributed by atoms with Gasteiger partial charge in [0.05, 0.1) is 5.52 Å². The van der Waals surface area contributed by atoms with Gasteiger partial charge in [0.15, 0.2) is 5.82 Å². The van der Waals surface area contributed by atoms with Crippen LogP contribution >= 0.6 is 0 Å².